The lowest BCUT2D eigenvalue weighted by molar-refractivity contribution is 0.355. The number of para-hydroxylation sites is 1. The van der Waals surface area contributed by atoms with Gasteiger partial charge >= 0.3 is 5.69 Å². The maximum atomic E-state index is 12.4. The molecule has 0 aliphatic carbocycles. The number of aromatic amines is 1. The fraction of sp³-hybridized carbons (Fsp3) is 0.118. The minimum absolute atomic E-state index is 0.322. The van der Waals surface area contributed by atoms with Crippen LogP contribution in [0.3, 0.4) is 0 Å². The fourth-order valence-corrected chi connectivity index (χ4v) is 2.69. The van der Waals surface area contributed by atoms with Crippen molar-refractivity contribution in [1.29, 1.82) is 0 Å². The van der Waals surface area contributed by atoms with E-state index in [2.05, 4.69) is 10.1 Å². The maximum Gasteiger partial charge on any atom is 0.349 e. The molecule has 0 bridgehead atoms. The van der Waals surface area contributed by atoms with Gasteiger partial charge in [0, 0.05) is 0 Å². The van der Waals surface area contributed by atoms with Gasteiger partial charge in [-0.1, -0.05) is 23.7 Å². The van der Waals surface area contributed by atoms with E-state index in [9.17, 15) is 9.59 Å². The van der Waals surface area contributed by atoms with Gasteiger partial charge in [0.25, 0.3) is 5.56 Å². The van der Waals surface area contributed by atoms with Gasteiger partial charge in [0.05, 0.1) is 36.4 Å². The molecule has 0 aliphatic heterocycles. The minimum Gasteiger partial charge on any atom is -0.493 e. The van der Waals surface area contributed by atoms with Crippen molar-refractivity contribution in [2.45, 2.75) is 0 Å². The largest absolute Gasteiger partial charge is 0.493 e. The number of benzene rings is 2. The van der Waals surface area contributed by atoms with Gasteiger partial charge in [-0.15, -0.1) is 4.68 Å². The van der Waals surface area contributed by atoms with Crippen LogP contribution < -0.4 is 20.7 Å². The van der Waals surface area contributed by atoms with E-state index >= 15 is 0 Å². The Morgan fingerprint density at radius 1 is 1.16 bits per heavy atom. The highest BCUT2D eigenvalue weighted by molar-refractivity contribution is 6.32. The Kier molecular flexibility index (Phi) is 4.58. The Balaban J connectivity index is 2.09. The van der Waals surface area contributed by atoms with Crippen LogP contribution in [0.1, 0.15) is 5.56 Å². The molecular formula is C17H14ClN3O4. The molecule has 0 fully saturated rings. The van der Waals surface area contributed by atoms with Crippen molar-refractivity contribution >= 4 is 28.7 Å². The third-order valence-corrected chi connectivity index (χ3v) is 3.84. The average molecular weight is 360 g/mol. The van der Waals surface area contributed by atoms with Gasteiger partial charge in [-0.05, 0) is 29.8 Å². The summed E-state index contributed by atoms with van der Waals surface area (Å²) < 4.78 is 11.1. The maximum absolute atomic E-state index is 12.4. The Morgan fingerprint density at radius 2 is 1.92 bits per heavy atom. The number of H-pyrrole nitrogens is 1. The van der Waals surface area contributed by atoms with Crippen LogP contribution in [0.15, 0.2) is 51.1 Å². The van der Waals surface area contributed by atoms with Crippen LogP contribution in [0.5, 0.6) is 11.5 Å². The summed E-state index contributed by atoms with van der Waals surface area (Å²) in [4.78, 5) is 27.1. The number of hydrogen-bond donors (Lipinski definition) is 1. The predicted octanol–water partition coefficient (Wildman–Crippen LogP) is 2.24. The Hall–Kier alpha value is -3.06. The number of halogens is 1. The lowest BCUT2D eigenvalue weighted by atomic mass is 10.2. The summed E-state index contributed by atoms with van der Waals surface area (Å²) in [5, 5.41) is 4.67. The molecule has 0 atom stereocenters. The summed E-state index contributed by atoms with van der Waals surface area (Å²) in [6.45, 7) is 0. The molecule has 128 valence electrons. The summed E-state index contributed by atoms with van der Waals surface area (Å²) in [5.41, 5.74) is -0.145. The van der Waals surface area contributed by atoms with E-state index in [1.165, 1.54) is 20.4 Å². The molecule has 1 aromatic heterocycles. The molecule has 3 aromatic rings. The standard InChI is InChI=1S/C17H14ClN3O4/c1-24-14-8-10(7-12(18)15(14)25-2)9-19-21-16(22)11-5-3-4-6-13(11)20-17(21)23/h3-9H,1-2H3,(H,20,23)/b19-9-. The van der Waals surface area contributed by atoms with Gasteiger partial charge in [0.1, 0.15) is 0 Å². The van der Waals surface area contributed by atoms with Crippen molar-refractivity contribution in [1.82, 2.24) is 9.66 Å². The molecule has 0 aliphatic rings. The second kappa shape index (κ2) is 6.82. The zero-order chi connectivity index (χ0) is 18.0. The van der Waals surface area contributed by atoms with Crippen molar-refractivity contribution in [2.75, 3.05) is 14.2 Å². The third kappa shape index (κ3) is 3.14. The van der Waals surface area contributed by atoms with Crippen molar-refractivity contribution in [3.63, 3.8) is 0 Å². The van der Waals surface area contributed by atoms with Crippen LogP contribution in [-0.2, 0) is 0 Å². The highest BCUT2D eigenvalue weighted by atomic mass is 35.5. The molecule has 1 heterocycles. The molecule has 0 saturated heterocycles. The van der Waals surface area contributed by atoms with Crippen molar-refractivity contribution in [2.24, 2.45) is 5.10 Å². The first kappa shape index (κ1) is 16.8. The topological polar surface area (TPSA) is 85.7 Å². The molecule has 7 nitrogen and oxygen atoms in total. The monoisotopic (exact) mass is 359 g/mol. The van der Waals surface area contributed by atoms with Crippen molar-refractivity contribution in [3.05, 3.63) is 67.8 Å². The quantitative estimate of drug-likeness (QED) is 0.724. The molecule has 0 unspecified atom stereocenters. The van der Waals surface area contributed by atoms with E-state index in [0.29, 0.717) is 33.0 Å². The summed E-state index contributed by atoms with van der Waals surface area (Å²) in [7, 11) is 2.96. The zero-order valence-corrected chi connectivity index (χ0v) is 14.2. The first-order chi connectivity index (χ1) is 12.0. The molecular weight excluding hydrogens is 346 g/mol. The average Bonchev–Trinajstić information content (AvgIpc) is 2.61. The number of hydrogen-bond acceptors (Lipinski definition) is 5. The van der Waals surface area contributed by atoms with E-state index in [1.807, 2.05) is 0 Å². The summed E-state index contributed by atoms with van der Waals surface area (Å²) in [6, 6.07) is 9.94. The molecule has 1 N–H and O–H groups in total. The van der Waals surface area contributed by atoms with Gasteiger partial charge in [0.15, 0.2) is 11.5 Å². The lowest BCUT2D eigenvalue weighted by Gasteiger charge is -2.09. The van der Waals surface area contributed by atoms with E-state index in [4.69, 9.17) is 21.1 Å². The first-order valence-corrected chi connectivity index (χ1v) is 7.63. The van der Waals surface area contributed by atoms with Gasteiger partial charge in [-0.3, -0.25) is 4.79 Å². The summed E-state index contributed by atoms with van der Waals surface area (Å²) in [5.74, 6) is 0.804. The van der Waals surface area contributed by atoms with Gasteiger partial charge in [-0.25, -0.2) is 4.79 Å². The summed E-state index contributed by atoms with van der Waals surface area (Å²) in [6.07, 6.45) is 1.35. The second-order valence-corrected chi connectivity index (χ2v) is 5.48. The van der Waals surface area contributed by atoms with Crippen molar-refractivity contribution in [3.8, 4) is 11.5 Å². The SMILES string of the molecule is COc1cc(/C=N\n2c(=O)[nH]c3ccccc3c2=O)cc(Cl)c1OC. The molecule has 8 heteroatoms. The Labute approximate surface area is 147 Å². The zero-order valence-electron chi connectivity index (χ0n) is 13.4. The minimum atomic E-state index is -0.633. The lowest BCUT2D eigenvalue weighted by Crippen LogP contribution is -2.32. The predicted molar refractivity (Wildman–Crippen MR) is 96.4 cm³/mol. The molecule has 0 radical (unpaired) electrons. The third-order valence-electron chi connectivity index (χ3n) is 3.56. The molecule has 2 aromatic carbocycles. The van der Waals surface area contributed by atoms with Gasteiger partial charge in [0.2, 0.25) is 0 Å². The fourth-order valence-electron chi connectivity index (χ4n) is 2.39. The molecule has 0 spiro atoms. The highest BCUT2D eigenvalue weighted by Crippen LogP contribution is 2.35. The van der Waals surface area contributed by atoms with Crippen LogP contribution in [-0.4, -0.2) is 30.1 Å². The van der Waals surface area contributed by atoms with E-state index in [0.717, 1.165) is 4.68 Å². The normalized spacial score (nSPS) is 11.2. The van der Waals surface area contributed by atoms with E-state index < -0.39 is 11.2 Å². The Morgan fingerprint density at radius 3 is 2.64 bits per heavy atom. The van der Waals surface area contributed by atoms with Crippen LogP contribution in [0.4, 0.5) is 0 Å². The number of aromatic nitrogens is 2. The van der Waals surface area contributed by atoms with Crippen molar-refractivity contribution < 1.29 is 9.47 Å². The van der Waals surface area contributed by atoms with Crippen LogP contribution >= 0.6 is 11.6 Å². The molecule has 25 heavy (non-hydrogen) atoms. The molecule has 0 amide bonds. The second-order valence-electron chi connectivity index (χ2n) is 5.08. The smallest absolute Gasteiger partial charge is 0.349 e. The number of rotatable bonds is 4. The van der Waals surface area contributed by atoms with Crippen LogP contribution in [0.2, 0.25) is 5.02 Å². The number of methoxy groups -OCH3 is 2. The van der Waals surface area contributed by atoms with Crippen LogP contribution in [0.25, 0.3) is 10.9 Å². The number of ether oxygens (including phenoxy) is 2. The number of fused-ring (bicyclic) bond motifs is 1. The molecule has 0 saturated carbocycles. The van der Waals surface area contributed by atoms with Crippen LogP contribution in [0, 0.1) is 0 Å². The number of nitrogens with zero attached hydrogens (tertiary/aromatic N) is 2. The summed E-state index contributed by atoms with van der Waals surface area (Å²) >= 11 is 6.13. The van der Waals surface area contributed by atoms with E-state index in [1.54, 1.807) is 36.4 Å². The van der Waals surface area contributed by atoms with Gasteiger partial charge < -0.3 is 14.5 Å². The molecule has 3 rings (SSSR count). The first-order valence-electron chi connectivity index (χ1n) is 7.25. The number of nitrogens with one attached hydrogen (secondary N) is 1. The van der Waals surface area contributed by atoms with E-state index in [-0.39, 0.29) is 0 Å². The van der Waals surface area contributed by atoms with Gasteiger partial charge in [-0.2, -0.15) is 5.10 Å². The highest BCUT2D eigenvalue weighted by Gasteiger charge is 2.10. The Bertz CT molecular complexity index is 1090.